The molecule has 6 heteroatoms. The SMILES string of the molecule is CC(=O)c1cccc(OC(C)C(=O)N2CC(CN)CC2C)c1.Cl. The number of ketones is 1. The third-order valence-corrected chi connectivity index (χ3v) is 4.18. The molecule has 0 spiro atoms. The van der Waals surface area contributed by atoms with E-state index in [9.17, 15) is 9.59 Å². The first-order valence-electron chi connectivity index (χ1n) is 7.70. The van der Waals surface area contributed by atoms with Crippen molar-refractivity contribution in [1.82, 2.24) is 4.90 Å². The number of amides is 1. The van der Waals surface area contributed by atoms with E-state index < -0.39 is 6.10 Å². The van der Waals surface area contributed by atoms with Gasteiger partial charge in [-0.2, -0.15) is 0 Å². The zero-order chi connectivity index (χ0) is 16.3. The van der Waals surface area contributed by atoms with E-state index in [1.165, 1.54) is 6.92 Å². The first-order valence-corrected chi connectivity index (χ1v) is 7.70. The average Bonchev–Trinajstić information content (AvgIpc) is 2.87. The second-order valence-electron chi connectivity index (χ2n) is 6.02. The van der Waals surface area contributed by atoms with Crippen molar-refractivity contribution in [2.45, 2.75) is 39.3 Å². The molecule has 2 rings (SSSR count). The van der Waals surface area contributed by atoms with Crippen LogP contribution in [0.15, 0.2) is 24.3 Å². The van der Waals surface area contributed by atoms with Crippen LogP contribution in [0.1, 0.15) is 37.6 Å². The number of hydrogen-bond donors (Lipinski definition) is 1. The molecule has 1 aliphatic rings. The van der Waals surface area contributed by atoms with Gasteiger partial charge >= 0.3 is 0 Å². The Kier molecular flexibility index (Phi) is 7.03. The number of benzene rings is 1. The van der Waals surface area contributed by atoms with Crippen molar-refractivity contribution in [2.75, 3.05) is 13.1 Å². The molecule has 1 amide bonds. The van der Waals surface area contributed by atoms with Crippen LogP contribution >= 0.6 is 12.4 Å². The summed E-state index contributed by atoms with van der Waals surface area (Å²) in [6.45, 7) is 6.58. The lowest BCUT2D eigenvalue weighted by molar-refractivity contribution is -0.138. The normalized spacial score (nSPS) is 21.5. The molecular weight excluding hydrogens is 316 g/mol. The van der Waals surface area contributed by atoms with Crippen LogP contribution in [0.2, 0.25) is 0 Å². The van der Waals surface area contributed by atoms with E-state index >= 15 is 0 Å². The van der Waals surface area contributed by atoms with Crippen LogP contribution in [0.4, 0.5) is 0 Å². The molecule has 1 aromatic rings. The molecule has 0 saturated carbocycles. The van der Waals surface area contributed by atoms with Gasteiger partial charge in [0.25, 0.3) is 5.91 Å². The number of likely N-dealkylation sites (tertiary alicyclic amines) is 1. The number of carbonyl (C=O) groups excluding carboxylic acids is 2. The third-order valence-electron chi connectivity index (χ3n) is 4.18. The van der Waals surface area contributed by atoms with Crippen molar-refractivity contribution in [3.05, 3.63) is 29.8 Å². The van der Waals surface area contributed by atoms with Crippen LogP contribution in [0.3, 0.4) is 0 Å². The molecule has 0 bridgehead atoms. The summed E-state index contributed by atoms with van der Waals surface area (Å²) in [4.78, 5) is 25.8. The lowest BCUT2D eigenvalue weighted by atomic mass is 10.1. The Morgan fingerprint density at radius 2 is 2.13 bits per heavy atom. The van der Waals surface area contributed by atoms with Gasteiger partial charge in [-0.1, -0.05) is 12.1 Å². The molecule has 1 fully saturated rings. The van der Waals surface area contributed by atoms with E-state index in [0.29, 0.717) is 30.3 Å². The Balaban J connectivity index is 0.00000264. The fourth-order valence-corrected chi connectivity index (χ4v) is 2.90. The van der Waals surface area contributed by atoms with Crippen molar-refractivity contribution in [3.63, 3.8) is 0 Å². The van der Waals surface area contributed by atoms with Gasteiger partial charge in [-0.05, 0) is 51.8 Å². The topological polar surface area (TPSA) is 72.6 Å². The highest BCUT2D eigenvalue weighted by atomic mass is 35.5. The van der Waals surface area contributed by atoms with Crippen molar-refractivity contribution in [1.29, 1.82) is 0 Å². The third kappa shape index (κ3) is 4.69. The van der Waals surface area contributed by atoms with Crippen LogP contribution in [-0.4, -0.2) is 41.8 Å². The largest absolute Gasteiger partial charge is 0.481 e. The zero-order valence-corrected chi connectivity index (χ0v) is 14.6. The molecule has 5 nitrogen and oxygen atoms in total. The van der Waals surface area contributed by atoms with Gasteiger partial charge in [0.05, 0.1) is 0 Å². The molecule has 0 aromatic heterocycles. The molecular formula is C17H25ClN2O3. The number of nitrogens with zero attached hydrogens (tertiary/aromatic N) is 1. The summed E-state index contributed by atoms with van der Waals surface area (Å²) in [5.41, 5.74) is 6.28. The molecule has 0 radical (unpaired) electrons. The highest BCUT2D eigenvalue weighted by Gasteiger charge is 2.34. The fourth-order valence-electron chi connectivity index (χ4n) is 2.90. The first-order chi connectivity index (χ1) is 10.4. The predicted octanol–water partition coefficient (Wildman–Crippen LogP) is 2.27. The minimum atomic E-state index is -0.582. The van der Waals surface area contributed by atoms with Crippen LogP contribution in [0, 0.1) is 5.92 Å². The van der Waals surface area contributed by atoms with Gasteiger partial charge in [-0.15, -0.1) is 12.4 Å². The van der Waals surface area contributed by atoms with Gasteiger partial charge in [0.2, 0.25) is 0 Å². The van der Waals surface area contributed by atoms with Gasteiger partial charge in [0.15, 0.2) is 11.9 Å². The highest BCUT2D eigenvalue weighted by molar-refractivity contribution is 5.94. The standard InChI is InChI=1S/C17H24N2O3.ClH/c1-11-7-14(9-18)10-19(11)17(21)13(3)22-16-6-4-5-15(8-16)12(2)20;/h4-6,8,11,13-14H,7,9-10,18H2,1-3H3;1H. The number of carbonyl (C=O) groups is 2. The van der Waals surface area contributed by atoms with Crippen molar-refractivity contribution >= 4 is 24.1 Å². The monoisotopic (exact) mass is 340 g/mol. The van der Waals surface area contributed by atoms with E-state index in [0.717, 1.165) is 6.42 Å². The number of ether oxygens (including phenoxy) is 1. The molecule has 1 aromatic carbocycles. The Morgan fingerprint density at radius 1 is 1.43 bits per heavy atom. The smallest absolute Gasteiger partial charge is 0.263 e. The number of halogens is 1. The van der Waals surface area contributed by atoms with E-state index in [2.05, 4.69) is 0 Å². The van der Waals surface area contributed by atoms with Crippen molar-refractivity contribution in [3.8, 4) is 5.75 Å². The molecule has 1 aliphatic heterocycles. The molecule has 1 saturated heterocycles. The molecule has 3 unspecified atom stereocenters. The lowest BCUT2D eigenvalue weighted by Crippen LogP contribution is -2.42. The summed E-state index contributed by atoms with van der Waals surface area (Å²) >= 11 is 0. The number of rotatable bonds is 5. The fraction of sp³-hybridized carbons (Fsp3) is 0.529. The van der Waals surface area contributed by atoms with Gasteiger partial charge in [-0.25, -0.2) is 0 Å². The minimum absolute atomic E-state index is 0. The summed E-state index contributed by atoms with van der Waals surface area (Å²) in [5.74, 6) is 0.850. The lowest BCUT2D eigenvalue weighted by Gasteiger charge is -2.25. The maximum Gasteiger partial charge on any atom is 0.263 e. The highest BCUT2D eigenvalue weighted by Crippen LogP contribution is 2.24. The molecule has 1 heterocycles. The maximum absolute atomic E-state index is 12.5. The average molecular weight is 341 g/mol. The summed E-state index contributed by atoms with van der Waals surface area (Å²) in [5, 5.41) is 0. The quantitative estimate of drug-likeness (QED) is 0.834. The number of Topliss-reactive ketones (excluding diaryl/α,β-unsaturated/α-hetero) is 1. The first kappa shape index (κ1) is 19.5. The van der Waals surface area contributed by atoms with Gasteiger partial charge in [0, 0.05) is 18.2 Å². The van der Waals surface area contributed by atoms with Crippen LogP contribution in [-0.2, 0) is 4.79 Å². The second-order valence-corrected chi connectivity index (χ2v) is 6.02. The molecule has 2 N–H and O–H groups in total. The van der Waals surface area contributed by atoms with Crippen molar-refractivity contribution < 1.29 is 14.3 Å². The molecule has 128 valence electrons. The van der Waals surface area contributed by atoms with Gasteiger partial charge in [0.1, 0.15) is 5.75 Å². The summed E-state index contributed by atoms with van der Waals surface area (Å²) in [7, 11) is 0. The van der Waals surface area contributed by atoms with Gasteiger partial charge in [-0.3, -0.25) is 9.59 Å². The summed E-state index contributed by atoms with van der Waals surface area (Å²) in [6, 6.07) is 7.10. The van der Waals surface area contributed by atoms with Crippen LogP contribution < -0.4 is 10.5 Å². The summed E-state index contributed by atoms with van der Waals surface area (Å²) in [6.07, 6.45) is 0.357. The Morgan fingerprint density at radius 3 is 2.70 bits per heavy atom. The Hall–Kier alpha value is -1.59. The van der Waals surface area contributed by atoms with Crippen LogP contribution in [0.5, 0.6) is 5.75 Å². The second kappa shape index (κ2) is 8.31. The molecule has 3 atom stereocenters. The minimum Gasteiger partial charge on any atom is -0.481 e. The van der Waals surface area contributed by atoms with E-state index in [1.54, 1.807) is 31.2 Å². The zero-order valence-electron chi connectivity index (χ0n) is 13.8. The van der Waals surface area contributed by atoms with E-state index in [1.807, 2.05) is 11.8 Å². The molecule has 23 heavy (non-hydrogen) atoms. The van der Waals surface area contributed by atoms with Gasteiger partial charge < -0.3 is 15.4 Å². The van der Waals surface area contributed by atoms with E-state index in [-0.39, 0.29) is 30.1 Å². The molecule has 0 aliphatic carbocycles. The number of hydrogen-bond acceptors (Lipinski definition) is 4. The Labute approximate surface area is 143 Å². The summed E-state index contributed by atoms with van der Waals surface area (Å²) < 4.78 is 5.72. The van der Waals surface area contributed by atoms with Crippen molar-refractivity contribution in [2.24, 2.45) is 11.7 Å². The van der Waals surface area contributed by atoms with Crippen LogP contribution in [0.25, 0.3) is 0 Å². The number of nitrogens with two attached hydrogens (primary N) is 1. The Bertz CT molecular complexity index is 565. The van der Waals surface area contributed by atoms with E-state index in [4.69, 9.17) is 10.5 Å². The maximum atomic E-state index is 12.5. The predicted molar refractivity (Wildman–Crippen MR) is 92.1 cm³/mol.